The lowest BCUT2D eigenvalue weighted by Crippen LogP contribution is -2.41. The molecule has 0 fully saturated rings. The van der Waals surface area contributed by atoms with Crippen LogP contribution in [-0.2, 0) is 19.6 Å². The number of benzene rings is 4. The molecule has 1 aliphatic rings. The molecular formula is C33H35N3O6S. The molecule has 0 radical (unpaired) electrons. The standard InChI is InChI=1S/C33H35N3O6S/c1-36(2)29-18-9-11-22-12-10-19-30(31(22)29)43(40,41)34-20-8-7-17-28(32(37)38)35-33(39)42-21-27-25-15-5-3-13-23(25)24-14-4-6-16-26(24)27/h3-6,9-16,18-19,27-28,34H,7-8,17,20-21H2,1-2H3,(H,35,39)(H,37,38)/t28-/m1/s1. The van der Waals surface area contributed by atoms with E-state index in [1.807, 2.05) is 91.8 Å². The number of alkyl carbamates (subject to hydrolysis) is 1. The minimum atomic E-state index is -3.82. The number of nitrogens with zero attached hydrogens (tertiary/aromatic N) is 1. The van der Waals surface area contributed by atoms with Crippen LogP contribution < -0.4 is 14.9 Å². The van der Waals surface area contributed by atoms with E-state index in [2.05, 4.69) is 10.0 Å². The van der Waals surface area contributed by atoms with Crippen LogP contribution in [-0.4, -0.2) is 58.9 Å². The molecular weight excluding hydrogens is 566 g/mol. The van der Waals surface area contributed by atoms with Crippen molar-refractivity contribution in [3.8, 4) is 11.1 Å². The van der Waals surface area contributed by atoms with E-state index < -0.39 is 28.1 Å². The lowest BCUT2D eigenvalue weighted by molar-refractivity contribution is -0.139. The minimum Gasteiger partial charge on any atom is -0.480 e. The smallest absolute Gasteiger partial charge is 0.407 e. The fraction of sp³-hybridized carbons (Fsp3) is 0.273. The molecule has 1 amide bonds. The van der Waals surface area contributed by atoms with Gasteiger partial charge in [-0.3, -0.25) is 0 Å². The van der Waals surface area contributed by atoms with Crippen molar-refractivity contribution in [2.75, 3.05) is 32.1 Å². The molecule has 43 heavy (non-hydrogen) atoms. The maximum atomic E-state index is 13.2. The Labute approximate surface area is 251 Å². The average Bonchev–Trinajstić information content (AvgIpc) is 3.32. The molecule has 0 bridgehead atoms. The molecule has 1 aliphatic carbocycles. The van der Waals surface area contributed by atoms with Crippen molar-refractivity contribution >= 4 is 38.5 Å². The van der Waals surface area contributed by atoms with E-state index in [1.54, 1.807) is 12.1 Å². The zero-order chi connectivity index (χ0) is 30.6. The first-order valence-electron chi connectivity index (χ1n) is 14.2. The number of aliphatic carboxylic acids is 1. The van der Waals surface area contributed by atoms with Crippen molar-refractivity contribution in [1.29, 1.82) is 0 Å². The van der Waals surface area contributed by atoms with Gasteiger partial charge < -0.3 is 20.1 Å². The van der Waals surface area contributed by atoms with E-state index in [0.717, 1.165) is 33.3 Å². The summed E-state index contributed by atoms with van der Waals surface area (Å²) in [5, 5.41) is 13.6. The molecule has 1 atom stereocenters. The van der Waals surface area contributed by atoms with Crippen molar-refractivity contribution in [1.82, 2.24) is 10.0 Å². The molecule has 0 aliphatic heterocycles. The normalized spacial score (nSPS) is 13.3. The number of amides is 1. The number of fused-ring (bicyclic) bond motifs is 4. The summed E-state index contributed by atoms with van der Waals surface area (Å²) in [6.45, 7) is 0.206. The topological polar surface area (TPSA) is 125 Å². The van der Waals surface area contributed by atoms with Gasteiger partial charge >= 0.3 is 12.1 Å². The summed E-state index contributed by atoms with van der Waals surface area (Å²) in [6, 6.07) is 25.6. The summed E-state index contributed by atoms with van der Waals surface area (Å²) in [7, 11) is -0.0954. The molecule has 9 nitrogen and oxygen atoms in total. The van der Waals surface area contributed by atoms with Gasteiger partial charge in [0, 0.05) is 37.6 Å². The van der Waals surface area contributed by atoms with Crippen LogP contribution >= 0.6 is 0 Å². The molecule has 0 saturated heterocycles. The Morgan fingerprint density at radius 2 is 1.51 bits per heavy atom. The monoisotopic (exact) mass is 601 g/mol. The zero-order valence-electron chi connectivity index (χ0n) is 24.1. The largest absolute Gasteiger partial charge is 0.480 e. The van der Waals surface area contributed by atoms with Crippen molar-refractivity contribution < 1.29 is 27.9 Å². The van der Waals surface area contributed by atoms with Gasteiger partial charge in [-0.05, 0) is 59.0 Å². The van der Waals surface area contributed by atoms with Gasteiger partial charge in [-0.2, -0.15) is 0 Å². The zero-order valence-corrected chi connectivity index (χ0v) is 24.9. The maximum Gasteiger partial charge on any atom is 0.407 e. The first-order valence-corrected chi connectivity index (χ1v) is 15.7. The van der Waals surface area contributed by atoms with E-state index in [0.29, 0.717) is 18.2 Å². The van der Waals surface area contributed by atoms with Crippen LogP contribution in [0, 0.1) is 0 Å². The van der Waals surface area contributed by atoms with Crippen molar-refractivity contribution in [3.63, 3.8) is 0 Å². The maximum absolute atomic E-state index is 13.2. The molecule has 224 valence electrons. The predicted molar refractivity (Wildman–Crippen MR) is 167 cm³/mol. The summed E-state index contributed by atoms with van der Waals surface area (Å²) < 4.78 is 34.6. The molecule has 5 rings (SSSR count). The van der Waals surface area contributed by atoms with Crippen LogP contribution in [0.1, 0.15) is 36.3 Å². The molecule has 0 heterocycles. The third-order valence-electron chi connectivity index (χ3n) is 7.76. The Morgan fingerprint density at radius 3 is 2.14 bits per heavy atom. The Balaban J connectivity index is 1.13. The van der Waals surface area contributed by atoms with E-state index in [9.17, 15) is 23.1 Å². The van der Waals surface area contributed by atoms with Gasteiger partial charge in [-0.15, -0.1) is 0 Å². The summed E-state index contributed by atoms with van der Waals surface area (Å²) >= 11 is 0. The fourth-order valence-electron chi connectivity index (χ4n) is 5.68. The van der Waals surface area contributed by atoms with Crippen LogP contribution in [0.5, 0.6) is 0 Å². The van der Waals surface area contributed by atoms with Crippen molar-refractivity contribution in [2.24, 2.45) is 0 Å². The summed E-state index contributed by atoms with van der Waals surface area (Å²) in [6.07, 6.45) is 0.0883. The number of carboxylic acids is 1. The van der Waals surface area contributed by atoms with Gasteiger partial charge in [-0.25, -0.2) is 22.7 Å². The lowest BCUT2D eigenvalue weighted by atomic mass is 9.98. The number of carbonyl (C=O) groups is 2. The number of rotatable bonds is 12. The molecule has 0 unspecified atom stereocenters. The van der Waals surface area contributed by atoms with Crippen LogP contribution in [0.15, 0.2) is 89.8 Å². The fourth-order valence-corrected chi connectivity index (χ4v) is 7.00. The highest BCUT2D eigenvalue weighted by molar-refractivity contribution is 7.89. The second-order valence-corrected chi connectivity index (χ2v) is 12.5. The number of carbonyl (C=O) groups excluding carboxylic acids is 1. The molecule has 0 aromatic heterocycles. The summed E-state index contributed by atoms with van der Waals surface area (Å²) in [4.78, 5) is 26.5. The molecule has 0 spiro atoms. The Kier molecular flexibility index (Phi) is 8.98. The molecule has 3 N–H and O–H groups in total. The highest BCUT2D eigenvalue weighted by atomic mass is 32.2. The number of hydrogen-bond acceptors (Lipinski definition) is 6. The number of anilines is 1. The van der Waals surface area contributed by atoms with E-state index in [1.165, 1.54) is 0 Å². The third kappa shape index (κ3) is 6.50. The third-order valence-corrected chi connectivity index (χ3v) is 9.26. The minimum absolute atomic E-state index is 0.0810. The Hall–Kier alpha value is -4.41. The average molecular weight is 602 g/mol. The highest BCUT2D eigenvalue weighted by Crippen LogP contribution is 2.44. The van der Waals surface area contributed by atoms with Gasteiger partial charge in [0.15, 0.2) is 0 Å². The van der Waals surface area contributed by atoms with Crippen LogP contribution in [0.3, 0.4) is 0 Å². The van der Waals surface area contributed by atoms with Crippen molar-refractivity contribution in [3.05, 3.63) is 96.1 Å². The van der Waals surface area contributed by atoms with E-state index >= 15 is 0 Å². The van der Waals surface area contributed by atoms with Crippen LogP contribution in [0.2, 0.25) is 0 Å². The lowest BCUT2D eigenvalue weighted by Gasteiger charge is -2.18. The number of hydrogen-bond donors (Lipinski definition) is 3. The molecule has 0 saturated carbocycles. The predicted octanol–water partition coefficient (Wildman–Crippen LogP) is 5.35. The summed E-state index contributed by atoms with van der Waals surface area (Å²) in [5.74, 6) is -1.31. The van der Waals surface area contributed by atoms with Gasteiger partial charge in [0.25, 0.3) is 0 Å². The van der Waals surface area contributed by atoms with Gasteiger partial charge in [0.2, 0.25) is 10.0 Å². The van der Waals surface area contributed by atoms with Gasteiger partial charge in [0.05, 0.1) is 4.90 Å². The Bertz CT molecular complexity index is 1700. The first-order chi connectivity index (χ1) is 20.7. The van der Waals surface area contributed by atoms with Crippen molar-refractivity contribution in [2.45, 2.75) is 36.1 Å². The molecule has 10 heteroatoms. The first kappa shape index (κ1) is 30.1. The van der Waals surface area contributed by atoms with Gasteiger partial charge in [-0.1, -0.05) is 72.8 Å². The number of unbranched alkanes of at least 4 members (excludes halogenated alkanes) is 1. The number of sulfonamides is 1. The number of carboxylic acid groups (broad SMARTS) is 1. The molecule has 4 aromatic rings. The SMILES string of the molecule is CN(C)c1cccc2cccc(S(=O)(=O)NCCCC[C@@H](NC(=O)OCC3c4ccccc4-c4ccccc43)C(=O)O)c12. The van der Waals surface area contributed by atoms with Gasteiger partial charge in [0.1, 0.15) is 12.6 Å². The summed E-state index contributed by atoms with van der Waals surface area (Å²) in [5.41, 5.74) is 5.13. The second-order valence-electron chi connectivity index (χ2n) is 10.8. The van der Waals surface area contributed by atoms with Crippen LogP contribution in [0.25, 0.3) is 21.9 Å². The van der Waals surface area contributed by atoms with E-state index in [-0.39, 0.29) is 30.4 Å². The van der Waals surface area contributed by atoms with E-state index in [4.69, 9.17) is 4.74 Å². The quantitative estimate of drug-likeness (QED) is 0.187. The Morgan fingerprint density at radius 1 is 0.884 bits per heavy atom. The number of nitrogens with one attached hydrogen (secondary N) is 2. The number of ether oxygens (including phenoxy) is 1. The van der Waals surface area contributed by atoms with Crippen LogP contribution in [0.4, 0.5) is 10.5 Å². The highest BCUT2D eigenvalue weighted by Gasteiger charge is 2.30. The molecule has 4 aromatic carbocycles. The second kappa shape index (κ2) is 12.8.